The van der Waals surface area contributed by atoms with Gasteiger partial charge in [-0.15, -0.1) is 0 Å². The lowest BCUT2D eigenvalue weighted by Gasteiger charge is -2.58. The Kier molecular flexibility index (Phi) is 14.6. The number of ether oxygens (including phenoxy) is 1. The lowest BCUT2D eigenvalue weighted by molar-refractivity contribution is -0.151. The maximum absolute atomic E-state index is 12.8. The van der Waals surface area contributed by atoms with Gasteiger partial charge in [-0.3, -0.25) is 4.79 Å². The Balaban J connectivity index is 1.16. The largest absolute Gasteiger partial charge is 0.462 e. The molecule has 3 saturated carbocycles. The summed E-state index contributed by atoms with van der Waals surface area (Å²) in [6.45, 7) is 14.9. The maximum Gasteiger partial charge on any atom is 0.306 e. The van der Waals surface area contributed by atoms with Crippen LogP contribution >= 0.6 is 0 Å². The summed E-state index contributed by atoms with van der Waals surface area (Å²) in [5.74, 6) is 5.32. The molecule has 0 bridgehead atoms. The van der Waals surface area contributed by atoms with Crippen LogP contribution in [0.3, 0.4) is 0 Å². The fraction of sp³-hybridized carbons (Fsp3) is 0.884. The van der Waals surface area contributed by atoms with Gasteiger partial charge in [-0.05, 0) is 123 Å². The Bertz CT molecular complexity index is 945. The van der Waals surface area contributed by atoms with Gasteiger partial charge in [-0.2, -0.15) is 0 Å². The number of hydrogen-bond acceptors (Lipinski definition) is 2. The molecule has 4 rings (SSSR count). The third-order valence-corrected chi connectivity index (χ3v) is 13.7. The summed E-state index contributed by atoms with van der Waals surface area (Å²) < 4.78 is 6.11. The predicted octanol–water partition coefficient (Wildman–Crippen LogP) is 13.2. The van der Waals surface area contributed by atoms with Crippen molar-refractivity contribution in [2.75, 3.05) is 0 Å². The highest BCUT2D eigenvalue weighted by Gasteiger charge is 2.59. The molecule has 0 N–H and O–H groups in total. The van der Waals surface area contributed by atoms with E-state index < -0.39 is 0 Å². The average Bonchev–Trinajstić information content (AvgIpc) is 3.37. The first-order valence-electron chi connectivity index (χ1n) is 20.2. The molecule has 6 unspecified atom stereocenters. The molecule has 2 heteroatoms. The minimum Gasteiger partial charge on any atom is -0.462 e. The first-order valence-corrected chi connectivity index (χ1v) is 20.2. The van der Waals surface area contributed by atoms with Crippen LogP contribution in [-0.4, -0.2) is 12.1 Å². The number of carbonyl (C=O) groups is 1. The van der Waals surface area contributed by atoms with Gasteiger partial charge in [0.25, 0.3) is 0 Å². The van der Waals surface area contributed by atoms with Crippen molar-refractivity contribution in [3.63, 3.8) is 0 Å². The number of fused-ring (bicyclic) bond motifs is 5. The minimum absolute atomic E-state index is 0.0526. The maximum atomic E-state index is 12.8. The fourth-order valence-corrected chi connectivity index (χ4v) is 11.0. The molecule has 0 spiro atoms. The van der Waals surface area contributed by atoms with Gasteiger partial charge >= 0.3 is 5.97 Å². The number of rotatable bonds is 19. The van der Waals surface area contributed by atoms with Crippen molar-refractivity contribution in [2.45, 2.75) is 195 Å². The molecule has 0 radical (unpaired) electrons. The van der Waals surface area contributed by atoms with Gasteiger partial charge < -0.3 is 4.74 Å². The van der Waals surface area contributed by atoms with Gasteiger partial charge in [-0.1, -0.05) is 123 Å². The second-order valence-corrected chi connectivity index (χ2v) is 17.3. The predicted molar refractivity (Wildman–Crippen MR) is 193 cm³/mol. The van der Waals surface area contributed by atoms with E-state index in [-0.39, 0.29) is 12.1 Å². The number of allylic oxidation sites excluding steroid dienone is 3. The van der Waals surface area contributed by atoms with Gasteiger partial charge in [-0.25, -0.2) is 0 Å². The Morgan fingerprint density at radius 1 is 0.844 bits per heavy atom. The Labute approximate surface area is 280 Å². The molecule has 0 aliphatic heterocycles. The highest BCUT2D eigenvalue weighted by Crippen LogP contribution is 2.67. The summed E-state index contributed by atoms with van der Waals surface area (Å²) in [7, 11) is 0. The Hall–Kier alpha value is -1.05. The van der Waals surface area contributed by atoms with Crippen molar-refractivity contribution in [1.82, 2.24) is 0 Å². The lowest BCUT2D eigenvalue weighted by Crippen LogP contribution is -2.51. The second kappa shape index (κ2) is 17.9. The van der Waals surface area contributed by atoms with E-state index in [0.717, 1.165) is 61.2 Å². The molecule has 0 aromatic carbocycles. The van der Waals surface area contributed by atoms with E-state index in [9.17, 15) is 4.79 Å². The lowest BCUT2D eigenvalue weighted by atomic mass is 9.47. The van der Waals surface area contributed by atoms with Crippen LogP contribution in [0.25, 0.3) is 0 Å². The van der Waals surface area contributed by atoms with Gasteiger partial charge in [0.1, 0.15) is 6.10 Å². The van der Waals surface area contributed by atoms with Crippen LogP contribution < -0.4 is 0 Å². The SMILES string of the molecule is CCCCCCC=CCCCCCCCC(=O)OC1CC[C@@]2(C)C(=CCC3C4CCC(C(C)CCCC(C)C)[C@@]4(C)CCC32)C1. The first-order chi connectivity index (χ1) is 21.7. The minimum atomic E-state index is 0.0526. The third-order valence-electron chi connectivity index (χ3n) is 13.7. The Morgan fingerprint density at radius 2 is 1.56 bits per heavy atom. The van der Waals surface area contributed by atoms with Crippen LogP contribution in [0.4, 0.5) is 0 Å². The zero-order valence-electron chi connectivity index (χ0n) is 30.9. The normalized spacial score (nSPS) is 33.5. The van der Waals surface area contributed by atoms with Crippen LogP contribution in [0.2, 0.25) is 0 Å². The number of hydrogen-bond donors (Lipinski definition) is 0. The van der Waals surface area contributed by atoms with Crippen molar-refractivity contribution in [2.24, 2.45) is 46.3 Å². The van der Waals surface area contributed by atoms with E-state index in [1.54, 1.807) is 5.57 Å². The van der Waals surface area contributed by atoms with Crippen molar-refractivity contribution < 1.29 is 9.53 Å². The number of unbranched alkanes of at least 4 members (excludes halogenated alkanes) is 9. The summed E-state index contributed by atoms with van der Waals surface area (Å²) in [4.78, 5) is 12.8. The molecule has 258 valence electrons. The van der Waals surface area contributed by atoms with Crippen LogP contribution in [-0.2, 0) is 9.53 Å². The van der Waals surface area contributed by atoms with Crippen molar-refractivity contribution >= 4 is 5.97 Å². The standard InChI is InChI=1S/C43H74O2/c1-7-8-9-10-11-12-13-14-15-16-17-18-19-23-41(44)45-36-28-30-42(5)35(32-36)24-25-37-39-27-26-38(34(4)22-20-21-33(2)3)43(39,6)31-29-40(37)42/h12-13,24,33-34,36-40H,7-11,14-23,25-32H2,1-6H3/t34?,36?,37?,38?,39?,40?,42-,43+/m0/s1. The van der Waals surface area contributed by atoms with E-state index in [2.05, 4.69) is 59.8 Å². The molecule has 0 heterocycles. The van der Waals surface area contributed by atoms with Gasteiger partial charge in [0.05, 0.1) is 0 Å². The molecule has 8 atom stereocenters. The fourth-order valence-electron chi connectivity index (χ4n) is 11.0. The monoisotopic (exact) mass is 623 g/mol. The van der Waals surface area contributed by atoms with E-state index in [4.69, 9.17) is 4.74 Å². The summed E-state index contributed by atoms with van der Waals surface area (Å²) in [5.41, 5.74) is 2.53. The molecule has 2 nitrogen and oxygen atoms in total. The van der Waals surface area contributed by atoms with Gasteiger partial charge in [0, 0.05) is 12.8 Å². The molecule has 0 aromatic rings. The molecule has 4 aliphatic carbocycles. The molecule has 0 saturated heterocycles. The summed E-state index contributed by atoms with van der Waals surface area (Å²) in [6.07, 6.45) is 36.5. The summed E-state index contributed by atoms with van der Waals surface area (Å²) in [6, 6.07) is 0. The Morgan fingerprint density at radius 3 is 2.29 bits per heavy atom. The van der Waals surface area contributed by atoms with Crippen molar-refractivity contribution in [1.29, 1.82) is 0 Å². The summed E-state index contributed by atoms with van der Waals surface area (Å²) in [5, 5.41) is 0. The van der Waals surface area contributed by atoms with Gasteiger partial charge in [0.15, 0.2) is 0 Å². The van der Waals surface area contributed by atoms with Crippen LogP contribution in [0, 0.1) is 46.3 Å². The van der Waals surface area contributed by atoms with E-state index in [1.807, 2.05) is 0 Å². The third kappa shape index (κ3) is 9.75. The second-order valence-electron chi connectivity index (χ2n) is 17.3. The topological polar surface area (TPSA) is 26.3 Å². The molecule has 4 aliphatic rings. The average molecular weight is 623 g/mol. The van der Waals surface area contributed by atoms with E-state index in [0.29, 0.717) is 17.3 Å². The first kappa shape index (κ1) is 36.8. The van der Waals surface area contributed by atoms with E-state index >= 15 is 0 Å². The smallest absolute Gasteiger partial charge is 0.306 e. The number of esters is 1. The molecule has 0 amide bonds. The molecule has 0 aromatic heterocycles. The highest BCUT2D eigenvalue weighted by atomic mass is 16.5. The number of carbonyl (C=O) groups excluding carboxylic acids is 1. The summed E-state index contributed by atoms with van der Waals surface area (Å²) >= 11 is 0. The molecule has 3 fully saturated rings. The van der Waals surface area contributed by atoms with E-state index in [1.165, 1.54) is 116 Å². The van der Waals surface area contributed by atoms with Gasteiger partial charge in [0.2, 0.25) is 0 Å². The molecule has 45 heavy (non-hydrogen) atoms. The van der Waals surface area contributed by atoms with Crippen LogP contribution in [0.5, 0.6) is 0 Å². The highest BCUT2D eigenvalue weighted by molar-refractivity contribution is 5.69. The van der Waals surface area contributed by atoms with Crippen molar-refractivity contribution in [3.8, 4) is 0 Å². The quantitative estimate of drug-likeness (QED) is 0.0814. The zero-order chi connectivity index (χ0) is 32.3. The van der Waals surface area contributed by atoms with Crippen molar-refractivity contribution in [3.05, 3.63) is 23.8 Å². The molecular weight excluding hydrogens is 548 g/mol. The zero-order valence-corrected chi connectivity index (χ0v) is 30.9. The van der Waals surface area contributed by atoms with Crippen LogP contribution in [0.1, 0.15) is 189 Å². The molecular formula is C43H74O2. The van der Waals surface area contributed by atoms with Crippen LogP contribution in [0.15, 0.2) is 23.8 Å².